The molecular weight excluding hydrogens is 292 g/mol. The van der Waals surface area contributed by atoms with E-state index in [4.69, 9.17) is 18.9 Å². The Morgan fingerprint density at radius 2 is 1.52 bits per heavy atom. The summed E-state index contributed by atoms with van der Waals surface area (Å²) in [7, 11) is 1.65. The van der Waals surface area contributed by atoms with Crippen LogP contribution in [-0.2, 0) is 9.47 Å². The van der Waals surface area contributed by atoms with Gasteiger partial charge in [0, 0.05) is 6.61 Å². The number of ether oxygens (including phenoxy) is 4. The van der Waals surface area contributed by atoms with Gasteiger partial charge in [-0.05, 0) is 36.6 Å². The lowest BCUT2D eigenvalue weighted by molar-refractivity contribution is 0.0228. The van der Waals surface area contributed by atoms with Gasteiger partial charge < -0.3 is 18.9 Å². The van der Waals surface area contributed by atoms with Crippen LogP contribution >= 0.6 is 0 Å². The predicted molar refractivity (Wildman–Crippen MR) is 93.4 cm³/mol. The zero-order valence-electron chi connectivity index (χ0n) is 14.9. The van der Waals surface area contributed by atoms with Crippen molar-refractivity contribution in [3.8, 4) is 11.5 Å². The number of hydrogen-bond donors (Lipinski definition) is 0. The normalized spacial score (nSPS) is 12.1. The van der Waals surface area contributed by atoms with Crippen molar-refractivity contribution in [3.63, 3.8) is 0 Å². The first-order valence-electron chi connectivity index (χ1n) is 8.72. The van der Waals surface area contributed by atoms with Gasteiger partial charge in [-0.15, -0.1) is 0 Å². The summed E-state index contributed by atoms with van der Waals surface area (Å²) in [5.74, 6) is 2.34. The lowest BCUT2D eigenvalue weighted by atomic mass is 10.0. The Morgan fingerprint density at radius 3 is 2.17 bits per heavy atom. The van der Waals surface area contributed by atoms with Crippen molar-refractivity contribution in [2.75, 3.05) is 40.1 Å². The molecule has 1 aromatic rings. The van der Waals surface area contributed by atoms with Gasteiger partial charge in [-0.2, -0.15) is 0 Å². The average molecular weight is 324 g/mol. The van der Waals surface area contributed by atoms with E-state index >= 15 is 0 Å². The van der Waals surface area contributed by atoms with Crippen molar-refractivity contribution < 1.29 is 18.9 Å². The molecule has 0 fully saturated rings. The number of unbranched alkanes of at least 4 members (excludes halogenated alkanes) is 1. The van der Waals surface area contributed by atoms with Crippen molar-refractivity contribution in [1.29, 1.82) is 0 Å². The Hall–Kier alpha value is -1.26. The largest absolute Gasteiger partial charge is 0.497 e. The van der Waals surface area contributed by atoms with Crippen LogP contribution in [0.4, 0.5) is 0 Å². The fourth-order valence-electron chi connectivity index (χ4n) is 2.26. The van der Waals surface area contributed by atoms with E-state index < -0.39 is 0 Å². The minimum atomic E-state index is 0.542. The van der Waals surface area contributed by atoms with E-state index in [-0.39, 0.29) is 0 Å². The van der Waals surface area contributed by atoms with Crippen molar-refractivity contribution in [1.82, 2.24) is 0 Å². The maximum Gasteiger partial charge on any atom is 0.119 e. The van der Waals surface area contributed by atoms with Crippen LogP contribution in [0.5, 0.6) is 11.5 Å². The van der Waals surface area contributed by atoms with Crippen molar-refractivity contribution in [2.45, 2.75) is 39.5 Å². The molecule has 0 aliphatic heterocycles. The molecule has 0 aliphatic carbocycles. The van der Waals surface area contributed by atoms with Crippen molar-refractivity contribution in [2.24, 2.45) is 5.92 Å². The quantitative estimate of drug-likeness (QED) is 0.478. The highest BCUT2D eigenvalue weighted by Gasteiger charge is 2.05. The van der Waals surface area contributed by atoms with Gasteiger partial charge in [-0.1, -0.05) is 33.1 Å². The summed E-state index contributed by atoms with van der Waals surface area (Å²) in [6.45, 7) is 7.71. The summed E-state index contributed by atoms with van der Waals surface area (Å²) in [4.78, 5) is 0. The molecule has 0 N–H and O–H groups in total. The SMILES string of the molecule is CCCCC(CC)COCCOCCOc1ccc(OC)cc1. The Morgan fingerprint density at radius 1 is 0.870 bits per heavy atom. The standard InChI is InChI=1S/C19H32O4/c1-4-6-7-17(5-2)16-22-13-12-21-14-15-23-19-10-8-18(20-3)9-11-19/h8-11,17H,4-7,12-16H2,1-3H3. The molecule has 23 heavy (non-hydrogen) atoms. The molecule has 0 bridgehead atoms. The first-order valence-corrected chi connectivity index (χ1v) is 8.72. The molecular formula is C19H32O4. The monoisotopic (exact) mass is 324 g/mol. The van der Waals surface area contributed by atoms with E-state index in [0.717, 1.165) is 18.1 Å². The molecule has 0 amide bonds. The number of hydrogen-bond acceptors (Lipinski definition) is 4. The maximum absolute atomic E-state index is 5.69. The molecule has 1 unspecified atom stereocenters. The number of rotatable bonds is 14. The van der Waals surface area contributed by atoms with Gasteiger partial charge >= 0.3 is 0 Å². The van der Waals surface area contributed by atoms with Gasteiger partial charge in [-0.25, -0.2) is 0 Å². The lowest BCUT2D eigenvalue weighted by Gasteiger charge is -2.14. The van der Waals surface area contributed by atoms with Crippen LogP contribution in [0.15, 0.2) is 24.3 Å². The molecule has 4 heteroatoms. The van der Waals surface area contributed by atoms with Crippen LogP contribution in [0.2, 0.25) is 0 Å². The third kappa shape index (κ3) is 9.47. The third-order valence-corrected chi connectivity index (χ3v) is 3.82. The van der Waals surface area contributed by atoms with Gasteiger partial charge in [0.1, 0.15) is 18.1 Å². The van der Waals surface area contributed by atoms with E-state index in [1.807, 2.05) is 24.3 Å². The molecule has 0 heterocycles. The maximum atomic E-state index is 5.69. The molecule has 1 atom stereocenters. The van der Waals surface area contributed by atoms with E-state index in [1.165, 1.54) is 25.7 Å². The van der Waals surface area contributed by atoms with E-state index in [1.54, 1.807) is 7.11 Å². The second-order valence-electron chi connectivity index (χ2n) is 5.63. The number of benzene rings is 1. The summed E-state index contributed by atoms with van der Waals surface area (Å²) in [5.41, 5.74) is 0. The molecule has 0 aromatic heterocycles. The predicted octanol–water partition coefficient (Wildman–Crippen LogP) is 4.32. The van der Waals surface area contributed by atoms with Gasteiger partial charge in [-0.3, -0.25) is 0 Å². The van der Waals surface area contributed by atoms with Gasteiger partial charge in [0.15, 0.2) is 0 Å². The van der Waals surface area contributed by atoms with E-state index in [2.05, 4.69) is 13.8 Å². The molecule has 0 saturated heterocycles. The highest BCUT2D eigenvalue weighted by molar-refractivity contribution is 5.31. The Labute approximate surface area is 141 Å². The Kier molecular flexibility index (Phi) is 11.4. The zero-order valence-corrected chi connectivity index (χ0v) is 14.9. The molecule has 0 saturated carbocycles. The molecule has 0 radical (unpaired) electrons. The van der Waals surface area contributed by atoms with Crippen LogP contribution in [-0.4, -0.2) is 40.1 Å². The number of methoxy groups -OCH3 is 1. The lowest BCUT2D eigenvalue weighted by Crippen LogP contribution is -2.14. The third-order valence-electron chi connectivity index (χ3n) is 3.82. The van der Waals surface area contributed by atoms with Crippen LogP contribution in [0, 0.1) is 5.92 Å². The van der Waals surface area contributed by atoms with Crippen molar-refractivity contribution in [3.05, 3.63) is 24.3 Å². The van der Waals surface area contributed by atoms with Crippen LogP contribution in [0.3, 0.4) is 0 Å². The molecule has 132 valence electrons. The van der Waals surface area contributed by atoms with Crippen molar-refractivity contribution >= 4 is 0 Å². The fourth-order valence-corrected chi connectivity index (χ4v) is 2.26. The highest BCUT2D eigenvalue weighted by Crippen LogP contribution is 2.16. The smallest absolute Gasteiger partial charge is 0.119 e. The summed E-state index contributed by atoms with van der Waals surface area (Å²) < 4.78 is 21.9. The first-order chi connectivity index (χ1) is 11.3. The Bertz CT molecular complexity index is 377. The molecule has 1 aromatic carbocycles. The zero-order chi connectivity index (χ0) is 16.8. The topological polar surface area (TPSA) is 36.9 Å². The minimum absolute atomic E-state index is 0.542. The van der Waals surface area contributed by atoms with Gasteiger partial charge in [0.25, 0.3) is 0 Å². The second-order valence-corrected chi connectivity index (χ2v) is 5.63. The van der Waals surface area contributed by atoms with E-state index in [0.29, 0.717) is 32.3 Å². The van der Waals surface area contributed by atoms with Gasteiger partial charge in [0.2, 0.25) is 0 Å². The minimum Gasteiger partial charge on any atom is -0.497 e. The summed E-state index contributed by atoms with van der Waals surface area (Å²) in [5, 5.41) is 0. The first kappa shape index (κ1) is 19.8. The summed E-state index contributed by atoms with van der Waals surface area (Å²) in [6, 6.07) is 7.55. The molecule has 0 spiro atoms. The molecule has 4 nitrogen and oxygen atoms in total. The molecule has 0 aliphatic rings. The summed E-state index contributed by atoms with van der Waals surface area (Å²) >= 11 is 0. The van der Waals surface area contributed by atoms with Crippen LogP contribution < -0.4 is 9.47 Å². The Balaban J connectivity index is 1.96. The average Bonchev–Trinajstić information content (AvgIpc) is 2.60. The second kappa shape index (κ2) is 13.2. The van der Waals surface area contributed by atoms with Crippen LogP contribution in [0.1, 0.15) is 39.5 Å². The molecule has 1 rings (SSSR count). The highest BCUT2D eigenvalue weighted by atomic mass is 16.5. The van der Waals surface area contributed by atoms with Gasteiger partial charge in [0.05, 0.1) is 26.9 Å². The fraction of sp³-hybridized carbons (Fsp3) is 0.684. The van der Waals surface area contributed by atoms with Crippen LogP contribution in [0.25, 0.3) is 0 Å². The van der Waals surface area contributed by atoms with E-state index in [9.17, 15) is 0 Å². The summed E-state index contributed by atoms with van der Waals surface area (Å²) in [6.07, 6.45) is 5.01.